The van der Waals surface area contributed by atoms with Crippen LogP contribution in [0.15, 0.2) is 79.1 Å². The van der Waals surface area contributed by atoms with Gasteiger partial charge in [-0.3, -0.25) is 10.1 Å². The van der Waals surface area contributed by atoms with Crippen molar-refractivity contribution in [3.8, 4) is 22.5 Å². The molecule has 2 heterocycles. The van der Waals surface area contributed by atoms with E-state index in [1.54, 1.807) is 6.20 Å². The zero-order valence-corrected chi connectivity index (χ0v) is 18.2. The van der Waals surface area contributed by atoms with E-state index in [9.17, 15) is 0 Å². The zero-order chi connectivity index (χ0) is 21.1. The third-order valence-electron chi connectivity index (χ3n) is 5.64. The normalized spacial score (nSPS) is 12.7. The second kappa shape index (κ2) is 8.27. The van der Waals surface area contributed by atoms with E-state index in [4.69, 9.17) is 0 Å². The maximum atomic E-state index is 4.63. The SMILES string of the molecule is CC(Cc1ccc(C(C)(C)C)c(-c2ccccn2)c1)c1cccc(-c2ccn[nH]2)c1. The third kappa shape index (κ3) is 4.35. The molecular weight excluding hydrogens is 366 g/mol. The highest BCUT2D eigenvalue weighted by molar-refractivity contribution is 5.66. The molecule has 1 unspecified atom stereocenters. The minimum absolute atomic E-state index is 0.0649. The van der Waals surface area contributed by atoms with Crippen LogP contribution in [0.4, 0.5) is 0 Å². The lowest BCUT2D eigenvalue weighted by Gasteiger charge is -2.24. The van der Waals surface area contributed by atoms with Crippen LogP contribution >= 0.6 is 0 Å². The Labute approximate surface area is 179 Å². The van der Waals surface area contributed by atoms with Crippen LogP contribution in [-0.2, 0) is 11.8 Å². The van der Waals surface area contributed by atoms with E-state index in [0.29, 0.717) is 5.92 Å². The number of aromatic nitrogens is 3. The molecule has 4 rings (SSSR count). The lowest BCUT2D eigenvalue weighted by atomic mass is 9.81. The predicted molar refractivity (Wildman–Crippen MR) is 125 cm³/mol. The molecule has 0 spiro atoms. The Balaban J connectivity index is 1.64. The second-order valence-electron chi connectivity index (χ2n) is 9.05. The van der Waals surface area contributed by atoms with Crippen molar-refractivity contribution in [3.63, 3.8) is 0 Å². The summed E-state index contributed by atoms with van der Waals surface area (Å²) >= 11 is 0. The highest BCUT2D eigenvalue weighted by Crippen LogP contribution is 2.34. The summed E-state index contributed by atoms with van der Waals surface area (Å²) in [5, 5.41) is 7.13. The van der Waals surface area contributed by atoms with E-state index in [2.05, 4.69) is 97.5 Å². The van der Waals surface area contributed by atoms with Crippen LogP contribution in [-0.4, -0.2) is 15.2 Å². The molecule has 2 aromatic heterocycles. The fraction of sp³-hybridized carbons (Fsp3) is 0.259. The molecule has 30 heavy (non-hydrogen) atoms. The fourth-order valence-corrected chi connectivity index (χ4v) is 4.01. The van der Waals surface area contributed by atoms with E-state index in [0.717, 1.165) is 17.8 Å². The van der Waals surface area contributed by atoms with Crippen molar-refractivity contribution in [2.24, 2.45) is 0 Å². The molecule has 2 aromatic carbocycles. The van der Waals surface area contributed by atoms with Crippen molar-refractivity contribution in [3.05, 3.63) is 95.8 Å². The van der Waals surface area contributed by atoms with Gasteiger partial charge in [-0.2, -0.15) is 5.10 Å². The molecule has 0 bridgehead atoms. The van der Waals surface area contributed by atoms with Gasteiger partial charge in [0, 0.05) is 18.0 Å². The average Bonchev–Trinajstić information content (AvgIpc) is 3.29. The highest BCUT2D eigenvalue weighted by atomic mass is 15.1. The minimum atomic E-state index is 0.0649. The van der Waals surface area contributed by atoms with Crippen LogP contribution in [0, 0.1) is 0 Å². The highest BCUT2D eigenvalue weighted by Gasteiger charge is 2.20. The van der Waals surface area contributed by atoms with Crippen LogP contribution in [0.5, 0.6) is 0 Å². The number of pyridine rings is 1. The number of aromatic amines is 1. The lowest BCUT2D eigenvalue weighted by molar-refractivity contribution is 0.591. The van der Waals surface area contributed by atoms with Gasteiger partial charge >= 0.3 is 0 Å². The van der Waals surface area contributed by atoms with Crippen LogP contribution in [0.25, 0.3) is 22.5 Å². The molecule has 0 saturated heterocycles. The van der Waals surface area contributed by atoms with Crippen molar-refractivity contribution in [2.75, 3.05) is 0 Å². The van der Waals surface area contributed by atoms with Gasteiger partial charge in [-0.05, 0) is 70.3 Å². The summed E-state index contributed by atoms with van der Waals surface area (Å²) in [6, 6.07) is 23.8. The number of hydrogen-bond acceptors (Lipinski definition) is 2. The van der Waals surface area contributed by atoms with E-state index < -0.39 is 0 Å². The first-order chi connectivity index (χ1) is 14.4. The van der Waals surface area contributed by atoms with Crippen LogP contribution in [0.2, 0.25) is 0 Å². The van der Waals surface area contributed by atoms with Gasteiger partial charge < -0.3 is 0 Å². The molecular formula is C27H29N3. The molecule has 152 valence electrons. The molecule has 0 amide bonds. The van der Waals surface area contributed by atoms with Crippen LogP contribution in [0.3, 0.4) is 0 Å². The lowest BCUT2D eigenvalue weighted by Crippen LogP contribution is -2.13. The van der Waals surface area contributed by atoms with Crippen molar-refractivity contribution >= 4 is 0 Å². The topological polar surface area (TPSA) is 41.6 Å². The molecule has 0 saturated carbocycles. The molecule has 0 aliphatic carbocycles. The molecule has 0 fully saturated rings. The van der Waals surface area contributed by atoms with Gasteiger partial charge in [0.2, 0.25) is 0 Å². The molecule has 1 atom stereocenters. The summed E-state index contributed by atoms with van der Waals surface area (Å²) in [4.78, 5) is 4.63. The average molecular weight is 396 g/mol. The number of benzene rings is 2. The molecule has 4 aromatic rings. The molecule has 3 heteroatoms. The molecule has 0 aliphatic heterocycles. The predicted octanol–water partition coefficient (Wildman–Crippen LogP) is 6.78. The Morgan fingerprint density at radius 2 is 1.77 bits per heavy atom. The third-order valence-corrected chi connectivity index (χ3v) is 5.64. The Bertz CT molecular complexity index is 1110. The number of rotatable bonds is 5. The smallest absolute Gasteiger partial charge is 0.0705 e. The summed E-state index contributed by atoms with van der Waals surface area (Å²) in [6.07, 6.45) is 4.65. The maximum absolute atomic E-state index is 4.63. The molecule has 1 N–H and O–H groups in total. The standard InChI is InChI=1S/C27H29N3/c1-19(21-8-7-9-22(18-21)25-13-15-29-30-25)16-20-11-12-24(27(2,3)4)23(17-20)26-10-5-6-14-28-26/h5-15,17-19H,16H2,1-4H3,(H,29,30). The van der Waals surface area contributed by atoms with Gasteiger partial charge in [0.25, 0.3) is 0 Å². The van der Waals surface area contributed by atoms with Crippen molar-refractivity contribution in [2.45, 2.75) is 45.4 Å². The first-order valence-corrected chi connectivity index (χ1v) is 10.6. The van der Waals surface area contributed by atoms with E-state index in [1.807, 2.05) is 18.3 Å². The summed E-state index contributed by atoms with van der Waals surface area (Å²) in [5.41, 5.74) is 8.57. The summed E-state index contributed by atoms with van der Waals surface area (Å²) in [5.74, 6) is 0.407. The minimum Gasteiger partial charge on any atom is -0.278 e. The molecule has 0 aliphatic rings. The first kappa shape index (κ1) is 20.1. The summed E-state index contributed by atoms with van der Waals surface area (Å²) in [6.45, 7) is 9.08. The van der Waals surface area contributed by atoms with Gasteiger partial charge in [-0.1, -0.05) is 64.1 Å². The fourth-order valence-electron chi connectivity index (χ4n) is 4.01. The molecule has 3 nitrogen and oxygen atoms in total. The van der Waals surface area contributed by atoms with E-state index >= 15 is 0 Å². The first-order valence-electron chi connectivity index (χ1n) is 10.6. The number of nitrogens with one attached hydrogen (secondary N) is 1. The Morgan fingerprint density at radius 1 is 0.900 bits per heavy atom. The summed E-state index contributed by atoms with van der Waals surface area (Å²) < 4.78 is 0. The number of H-pyrrole nitrogens is 1. The largest absolute Gasteiger partial charge is 0.278 e. The van der Waals surface area contributed by atoms with Gasteiger partial charge in [0.05, 0.1) is 11.4 Å². The van der Waals surface area contributed by atoms with Gasteiger partial charge in [-0.15, -0.1) is 0 Å². The summed E-state index contributed by atoms with van der Waals surface area (Å²) in [7, 11) is 0. The van der Waals surface area contributed by atoms with Crippen molar-refractivity contribution in [1.29, 1.82) is 0 Å². The maximum Gasteiger partial charge on any atom is 0.0705 e. The number of nitrogens with zero attached hydrogens (tertiary/aromatic N) is 2. The number of hydrogen-bond donors (Lipinski definition) is 1. The van der Waals surface area contributed by atoms with E-state index in [1.165, 1.54) is 27.8 Å². The van der Waals surface area contributed by atoms with Gasteiger partial charge in [-0.25, -0.2) is 0 Å². The van der Waals surface area contributed by atoms with Gasteiger partial charge in [0.1, 0.15) is 0 Å². The van der Waals surface area contributed by atoms with E-state index in [-0.39, 0.29) is 5.41 Å². The van der Waals surface area contributed by atoms with Crippen molar-refractivity contribution in [1.82, 2.24) is 15.2 Å². The zero-order valence-electron chi connectivity index (χ0n) is 18.2. The van der Waals surface area contributed by atoms with Crippen LogP contribution in [0.1, 0.15) is 50.3 Å². The Kier molecular flexibility index (Phi) is 5.54. The van der Waals surface area contributed by atoms with Crippen LogP contribution < -0.4 is 0 Å². The molecule has 0 radical (unpaired) electrons. The second-order valence-corrected chi connectivity index (χ2v) is 9.05. The Morgan fingerprint density at radius 3 is 2.47 bits per heavy atom. The monoisotopic (exact) mass is 395 g/mol. The quantitative estimate of drug-likeness (QED) is 0.404. The van der Waals surface area contributed by atoms with Crippen molar-refractivity contribution < 1.29 is 0 Å². The Hall–Kier alpha value is -3.20. The van der Waals surface area contributed by atoms with Gasteiger partial charge in [0.15, 0.2) is 0 Å².